The summed E-state index contributed by atoms with van der Waals surface area (Å²) in [5, 5.41) is 14.7. The predicted molar refractivity (Wildman–Crippen MR) is 177 cm³/mol. The van der Waals surface area contributed by atoms with Crippen molar-refractivity contribution in [2.45, 2.75) is 142 Å². The third kappa shape index (κ3) is 8.56. The van der Waals surface area contributed by atoms with Gasteiger partial charge in [-0.05, 0) is 78.4 Å². The Hall–Kier alpha value is -2.84. The van der Waals surface area contributed by atoms with Crippen LogP contribution in [0.5, 0.6) is 0 Å². The van der Waals surface area contributed by atoms with Crippen LogP contribution >= 0.6 is 0 Å². The molecular formula is C34H56FN5O9. The molecule has 13 atom stereocenters. The Balaban J connectivity index is 2.06. The van der Waals surface area contributed by atoms with E-state index in [9.17, 15) is 24.3 Å². The molecule has 49 heavy (non-hydrogen) atoms. The molecule has 3 aliphatic heterocycles. The van der Waals surface area contributed by atoms with E-state index in [4.69, 9.17) is 24.5 Å². The molecule has 3 rings (SSSR count). The van der Waals surface area contributed by atoms with Gasteiger partial charge in [0.2, 0.25) is 0 Å². The highest BCUT2D eigenvalue weighted by Gasteiger charge is 2.61. The molecule has 0 aromatic carbocycles. The number of halogens is 1. The first kappa shape index (κ1) is 40.6. The van der Waals surface area contributed by atoms with Crippen LogP contribution in [0.4, 0.5) is 9.18 Å². The lowest BCUT2D eigenvalue weighted by atomic mass is 9.74. The number of aliphatic hydroxyl groups is 1. The van der Waals surface area contributed by atoms with Crippen molar-refractivity contribution in [3.63, 3.8) is 0 Å². The minimum Gasteiger partial charge on any atom is -0.455 e. The van der Waals surface area contributed by atoms with Crippen molar-refractivity contribution in [2.24, 2.45) is 28.8 Å². The van der Waals surface area contributed by atoms with Gasteiger partial charge in [0.05, 0.1) is 18.2 Å². The van der Waals surface area contributed by atoms with Gasteiger partial charge in [0.15, 0.2) is 17.7 Å². The van der Waals surface area contributed by atoms with Crippen LogP contribution in [-0.4, -0.2) is 120 Å². The number of amides is 1. The van der Waals surface area contributed by atoms with E-state index in [0.717, 1.165) is 6.92 Å². The minimum atomic E-state index is -3.10. The van der Waals surface area contributed by atoms with Crippen LogP contribution in [0.25, 0.3) is 10.4 Å². The average molecular weight is 698 g/mol. The van der Waals surface area contributed by atoms with E-state index in [0.29, 0.717) is 19.3 Å². The summed E-state index contributed by atoms with van der Waals surface area (Å²) in [5.41, 5.74) is 3.96. The van der Waals surface area contributed by atoms with Gasteiger partial charge in [-0.3, -0.25) is 9.59 Å². The first-order valence-electron chi connectivity index (χ1n) is 17.5. The molecule has 3 heterocycles. The molecule has 0 radical (unpaired) electrons. The second kappa shape index (κ2) is 16.5. The minimum absolute atomic E-state index is 0.0952. The van der Waals surface area contributed by atoms with E-state index in [-0.39, 0.29) is 43.9 Å². The van der Waals surface area contributed by atoms with Crippen LogP contribution in [0.2, 0.25) is 0 Å². The number of hydrogen-bond acceptors (Lipinski definition) is 11. The van der Waals surface area contributed by atoms with Crippen molar-refractivity contribution in [3.8, 4) is 0 Å². The molecule has 3 saturated heterocycles. The third-order valence-electron chi connectivity index (χ3n) is 10.7. The Morgan fingerprint density at radius 3 is 2.33 bits per heavy atom. The van der Waals surface area contributed by atoms with Gasteiger partial charge in [0, 0.05) is 41.8 Å². The van der Waals surface area contributed by atoms with E-state index >= 15 is 4.39 Å². The molecule has 8 unspecified atom stereocenters. The molecule has 1 N–H and O–H groups in total. The molecule has 15 heteroatoms. The molecule has 0 spiro atoms. The first-order chi connectivity index (χ1) is 22.8. The summed E-state index contributed by atoms with van der Waals surface area (Å²) >= 11 is 0. The van der Waals surface area contributed by atoms with E-state index in [1.807, 2.05) is 25.9 Å². The second-order valence-corrected chi connectivity index (χ2v) is 14.8. The summed E-state index contributed by atoms with van der Waals surface area (Å²) in [6.45, 7) is 13.1. The van der Waals surface area contributed by atoms with Gasteiger partial charge in [-0.25, -0.2) is 14.0 Å². The van der Waals surface area contributed by atoms with Gasteiger partial charge in [0.25, 0.3) is 5.67 Å². The molecule has 0 aromatic rings. The van der Waals surface area contributed by atoms with Crippen molar-refractivity contribution in [1.82, 2.24) is 9.80 Å². The van der Waals surface area contributed by atoms with E-state index in [2.05, 4.69) is 10.0 Å². The van der Waals surface area contributed by atoms with Gasteiger partial charge in [0.1, 0.15) is 18.0 Å². The van der Waals surface area contributed by atoms with Crippen molar-refractivity contribution < 1.29 is 47.6 Å². The van der Waals surface area contributed by atoms with Crippen LogP contribution in [0, 0.1) is 23.7 Å². The summed E-state index contributed by atoms with van der Waals surface area (Å²) in [5.74, 6) is -5.85. The number of nitrogens with zero attached hydrogens (tertiary/aromatic N) is 5. The number of fused-ring (bicyclic) bond motifs is 1. The largest absolute Gasteiger partial charge is 0.455 e. The van der Waals surface area contributed by atoms with Gasteiger partial charge < -0.3 is 33.9 Å². The Morgan fingerprint density at radius 2 is 1.73 bits per heavy atom. The Labute approximate surface area is 288 Å². The highest BCUT2D eigenvalue weighted by molar-refractivity contribution is 6.07. The van der Waals surface area contributed by atoms with Crippen molar-refractivity contribution >= 4 is 23.6 Å². The Morgan fingerprint density at radius 1 is 1.08 bits per heavy atom. The van der Waals surface area contributed by atoms with E-state index < -0.39 is 83.4 Å². The fraction of sp³-hybridized carbons (Fsp3) is 0.882. The van der Waals surface area contributed by atoms with E-state index in [1.54, 1.807) is 34.6 Å². The van der Waals surface area contributed by atoms with E-state index in [1.165, 1.54) is 11.8 Å². The van der Waals surface area contributed by atoms with Crippen molar-refractivity contribution in [3.05, 3.63) is 10.4 Å². The number of ether oxygens (including phenoxy) is 4. The number of carbonyl (C=O) groups is 4. The van der Waals surface area contributed by atoms with Crippen LogP contribution in [0.1, 0.15) is 87.5 Å². The topological polar surface area (TPSA) is 181 Å². The lowest BCUT2D eigenvalue weighted by Gasteiger charge is -2.44. The number of Topliss-reactive ketones (excluding diaryl/α,β-unsaturated/α-hetero) is 2. The van der Waals surface area contributed by atoms with Gasteiger partial charge in [-0.15, -0.1) is 0 Å². The van der Waals surface area contributed by atoms with Crippen molar-refractivity contribution in [2.75, 3.05) is 27.2 Å². The lowest BCUT2D eigenvalue weighted by Crippen LogP contribution is -2.59. The number of aliphatic hydroxyl groups excluding tert-OH is 1. The van der Waals surface area contributed by atoms with Crippen LogP contribution in [0.3, 0.4) is 0 Å². The van der Waals surface area contributed by atoms with Crippen molar-refractivity contribution in [1.29, 1.82) is 0 Å². The zero-order valence-electron chi connectivity index (χ0n) is 30.6. The quantitative estimate of drug-likeness (QED) is 0.0893. The summed E-state index contributed by atoms with van der Waals surface area (Å²) in [6.07, 6.45) is -3.71. The molecule has 278 valence electrons. The second-order valence-electron chi connectivity index (χ2n) is 14.8. The highest BCUT2D eigenvalue weighted by atomic mass is 19.1. The number of hydrogen-bond donors (Lipinski definition) is 1. The number of likely N-dealkylation sites (N-methyl/N-ethyl adjacent to an activating group) is 1. The molecule has 3 fully saturated rings. The fourth-order valence-electron chi connectivity index (χ4n) is 7.98. The zero-order chi connectivity index (χ0) is 37.0. The molecule has 3 aliphatic rings. The van der Waals surface area contributed by atoms with Gasteiger partial charge >= 0.3 is 12.1 Å². The Kier molecular flexibility index (Phi) is 13.6. The molecule has 14 nitrogen and oxygen atoms in total. The molecule has 0 saturated carbocycles. The third-order valence-corrected chi connectivity index (χ3v) is 10.7. The molecular weight excluding hydrogens is 641 g/mol. The number of carbonyl (C=O) groups excluding carboxylic acids is 4. The van der Waals surface area contributed by atoms with Crippen LogP contribution in [-0.2, 0) is 33.3 Å². The SMILES string of the molecule is CCC1OC(=O)C(C)(F)C(=O)C(C)[C@@H](OC2OC(C)CC(N(C)C)C2O)C(C)C[C@@H](C)C(=O)[C@H](C)[C@H]2N(CCCCN=[N+]=[N-])C(=O)O[C@]12C. The number of azide groups is 1. The Bertz CT molecular complexity index is 1260. The van der Waals surface area contributed by atoms with Crippen LogP contribution in [0.15, 0.2) is 5.11 Å². The predicted octanol–water partition coefficient (Wildman–Crippen LogP) is 4.60. The number of ketones is 2. The summed E-state index contributed by atoms with van der Waals surface area (Å²) < 4.78 is 40.5. The number of unbranched alkanes of at least 4 members (excludes halogenated alkanes) is 1. The number of esters is 1. The van der Waals surface area contributed by atoms with Gasteiger partial charge in [-0.1, -0.05) is 39.7 Å². The van der Waals surface area contributed by atoms with Gasteiger partial charge in [-0.2, -0.15) is 0 Å². The number of alkyl halides is 1. The smallest absolute Gasteiger partial charge is 0.410 e. The number of rotatable bonds is 9. The van der Waals surface area contributed by atoms with Crippen LogP contribution < -0.4 is 0 Å². The summed E-state index contributed by atoms with van der Waals surface area (Å²) in [4.78, 5) is 61.2. The molecule has 0 aliphatic carbocycles. The molecule has 0 aromatic heterocycles. The first-order valence-corrected chi connectivity index (χ1v) is 17.5. The fourth-order valence-corrected chi connectivity index (χ4v) is 7.98. The maximum Gasteiger partial charge on any atom is 0.410 e. The molecule has 1 amide bonds. The highest BCUT2D eigenvalue weighted by Crippen LogP contribution is 2.42. The normalized spacial score (nSPS) is 41.1. The lowest BCUT2D eigenvalue weighted by molar-refractivity contribution is -0.278. The average Bonchev–Trinajstić information content (AvgIpc) is 3.30. The zero-order valence-corrected chi connectivity index (χ0v) is 30.6. The maximum absolute atomic E-state index is 16.5. The monoisotopic (exact) mass is 697 g/mol. The standard InChI is InChI=1S/C34H56FN5O9/c1-11-24-34(8)28(40(32(45)49-34)15-13-12-14-37-38-36)21(5)25(41)18(2)16-19(3)27(22(6)29(43)33(7,35)31(44)47-24)48-30-26(42)23(39(9)10)17-20(4)46-30/h18-24,26-28,30,42H,11-17H2,1-10H3/t18-,19?,20?,21+,22?,23?,24?,26?,27+,28-,30?,33?,34-/m1/s1. The summed E-state index contributed by atoms with van der Waals surface area (Å²) in [7, 11) is 3.66. The molecule has 0 bridgehead atoms. The summed E-state index contributed by atoms with van der Waals surface area (Å²) in [6, 6.07) is -1.21. The maximum atomic E-state index is 16.5. The number of cyclic esters (lactones) is 1.